The average molecular weight is 236 g/mol. The first kappa shape index (κ1) is 11.8. The van der Waals surface area contributed by atoms with Crippen molar-refractivity contribution < 1.29 is 0 Å². The van der Waals surface area contributed by atoms with Crippen molar-refractivity contribution in [3.63, 3.8) is 0 Å². The first-order valence-corrected chi connectivity index (χ1v) is 7.13. The summed E-state index contributed by atoms with van der Waals surface area (Å²) in [6.45, 7) is 2.32. The summed E-state index contributed by atoms with van der Waals surface area (Å²) in [5.74, 6) is 0. The summed E-state index contributed by atoms with van der Waals surface area (Å²) in [5, 5.41) is 3.39. The average Bonchev–Trinajstić information content (AvgIpc) is 2.38. The highest BCUT2D eigenvalue weighted by Gasteiger charge is 2.19. The van der Waals surface area contributed by atoms with Gasteiger partial charge in [-0.3, -0.25) is 0 Å². The van der Waals surface area contributed by atoms with Gasteiger partial charge in [0, 0.05) is 24.0 Å². The number of rotatable bonds is 3. The van der Waals surface area contributed by atoms with Gasteiger partial charge in [-0.25, -0.2) is 0 Å². The molecular weight excluding hydrogens is 216 g/mol. The molecule has 0 saturated carbocycles. The van der Waals surface area contributed by atoms with Gasteiger partial charge in [0.1, 0.15) is 0 Å². The number of benzene rings is 1. The fraction of sp³-hybridized carbons (Fsp3) is 0.538. The van der Waals surface area contributed by atoms with Gasteiger partial charge < -0.3 is 10.2 Å². The Labute approximate surface area is 102 Å². The fourth-order valence-corrected chi connectivity index (χ4v) is 2.94. The summed E-state index contributed by atoms with van der Waals surface area (Å²) in [5.41, 5.74) is 1.40. The van der Waals surface area contributed by atoms with Crippen LogP contribution in [0, 0.1) is 0 Å². The molecule has 1 aliphatic heterocycles. The molecule has 1 fully saturated rings. The summed E-state index contributed by atoms with van der Waals surface area (Å²) < 4.78 is 0. The van der Waals surface area contributed by atoms with E-state index in [1.165, 1.54) is 30.0 Å². The number of nitrogens with zero attached hydrogens (tertiary/aromatic N) is 1. The molecule has 88 valence electrons. The second kappa shape index (κ2) is 5.60. The molecule has 1 heterocycles. The normalized spacial score (nSPS) is 21.1. The Hall–Kier alpha value is -0.670. The van der Waals surface area contributed by atoms with E-state index < -0.39 is 0 Å². The number of para-hydroxylation sites is 1. The highest BCUT2D eigenvalue weighted by Crippen LogP contribution is 2.30. The summed E-state index contributed by atoms with van der Waals surface area (Å²) in [4.78, 5) is 3.90. The van der Waals surface area contributed by atoms with E-state index in [0.717, 1.165) is 6.54 Å². The Morgan fingerprint density at radius 2 is 2.19 bits per heavy atom. The number of nitrogens with one attached hydrogen (secondary N) is 1. The van der Waals surface area contributed by atoms with Crippen LogP contribution in [-0.4, -0.2) is 32.4 Å². The number of hydrogen-bond donors (Lipinski definition) is 1. The minimum absolute atomic E-state index is 0.642. The van der Waals surface area contributed by atoms with Crippen molar-refractivity contribution in [2.45, 2.75) is 23.8 Å². The van der Waals surface area contributed by atoms with Gasteiger partial charge in [0.25, 0.3) is 0 Å². The van der Waals surface area contributed by atoms with E-state index in [2.05, 4.69) is 47.8 Å². The van der Waals surface area contributed by atoms with Gasteiger partial charge in [-0.1, -0.05) is 12.1 Å². The molecule has 0 spiro atoms. The number of anilines is 1. The lowest BCUT2D eigenvalue weighted by Crippen LogP contribution is -2.44. The molecule has 16 heavy (non-hydrogen) atoms. The minimum atomic E-state index is 0.642. The predicted molar refractivity (Wildman–Crippen MR) is 72.5 cm³/mol. The number of likely N-dealkylation sites (N-methyl/N-ethyl adjacent to an activating group) is 1. The third-order valence-corrected chi connectivity index (χ3v) is 4.04. The molecule has 1 N–H and O–H groups in total. The lowest BCUT2D eigenvalue weighted by Gasteiger charge is -2.35. The van der Waals surface area contributed by atoms with Crippen LogP contribution in [0.15, 0.2) is 29.2 Å². The largest absolute Gasteiger partial charge is 0.369 e. The van der Waals surface area contributed by atoms with Crippen molar-refractivity contribution in [3.05, 3.63) is 24.3 Å². The van der Waals surface area contributed by atoms with E-state index >= 15 is 0 Å². The molecule has 2 rings (SSSR count). The molecule has 1 aliphatic rings. The maximum atomic E-state index is 3.39. The van der Waals surface area contributed by atoms with Crippen molar-refractivity contribution in [1.29, 1.82) is 0 Å². The molecule has 1 aromatic carbocycles. The molecule has 1 saturated heterocycles. The standard InChI is InChI=1S/C13H20N2S/c1-14-11-6-5-9-15(10-11)12-7-3-4-8-13(12)16-2/h3-4,7-8,11,14H,5-6,9-10H2,1-2H3. The molecule has 3 heteroatoms. The minimum Gasteiger partial charge on any atom is -0.369 e. The van der Waals surface area contributed by atoms with E-state index in [0.29, 0.717) is 6.04 Å². The molecule has 1 unspecified atom stereocenters. The van der Waals surface area contributed by atoms with Gasteiger partial charge in [0.2, 0.25) is 0 Å². The summed E-state index contributed by atoms with van der Waals surface area (Å²) in [7, 11) is 2.06. The Morgan fingerprint density at radius 1 is 1.38 bits per heavy atom. The Bertz CT molecular complexity index is 340. The zero-order valence-corrected chi connectivity index (χ0v) is 10.9. The molecule has 0 amide bonds. The van der Waals surface area contributed by atoms with Gasteiger partial charge in [0.05, 0.1) is 5.69 Å². The monoisotopic (exact) mass is 236 g/mol. The van der Waals surface area contributed by atoms with Crippen LogP contribution in [0.3, 0.4) is 0 Å². The van der Waals surface area contributed by atoms with Gasteiger partial charge in [-0.05, 0) is 38.3 Å². The predicted octanol–water partition coefficient (Wildman–Crippen LogP) is 2.60. The van der Waals surface area contributed by atoms with E-state index in [4.69, 9.17) is 0 Å². The smallest absolute Gasteiger partial charge is 0.0504 e. The lowest BCUT2D eigenvalue weighted by atomic mass is 10.1. The topological polar surface area (TPSA) is 15.3 Å². The number of hydrogen-bond acceptors (Lipinski definition) is 3. The fourth-order valence-electron chi connectivity index (χ4n) is 2.32. The zero-order valence-electron chi connectivity index (χ0n) is 10.1. The Morgan fingerprint density at radius 3 is 2.94 bits per heavy atom. The van der Waals surface area contributed by atoms with Crippen molar-refractivity contribution in [2.24, 2.45) is 0 Å². The highest BCUT2D eigenvalue weighted by atomic mass is 32.2. The van der Waals surface area contributed by atoms with Gasteiger partial charge in [0.15, 0.2) is 0 Å². The van der Waals surface area contributed by atoms with Crippen LogP contribution in [-0.2, 0) is 0 Å². The van der Waals surface area contributed by atoms with E-state index in [1.54, 1.807) is 0 Å². The van der Waals surface area contributed by atoms with E-state index in [9.17, 15) is 0 Å². The quantitative estimate of drug-likeness (QED) is 0.812. The van der Waals surface area contributed by atoms with Crippen molar-refractivity contribution >= 4 is 17.4 Å². The van der Waals surface area contributed by atoms with Crippen LogP contribution in [0.1, 0.15) is 12.8 Å². The molecule has 0 aliphatic carbocycles. The van der Waals surface area contributed by atoms with Crippen LogP contribution in [0.25, 0.3) is 0 Å². The molecule has 0 bridgehead atoms. The summed E-state index contributed by atoms with van der Waals surface area (Å²) >= 11 is 1.84. The molecule has 1 aromatic rings. The third-order valence-electron chi connectivity index (χ3n) is 3.26. The maximum absolute atomic E-state index is 3.39. The SMILES string of the molecule is CNC1CCCN(c2ccccc2SC)C1. The summed E-state index contributed by atoms with van der Waals surface area (Å²) in [6, 6.07) is 9.35. The molecular formula is C13H20N2S. The Balaban J connectivity index is 2.16. The second-order valence-corrected chi connectivity index (χ2v) is 5.09. The molecule has 0 radical (unpaired) electrons. The summed E-state index contributed by atoms with van der Waals surface area (Å²) in [6.07, 6.45) is 4.74. The Kier molecular flexibility index (Phi) is 4.13. The maximum Gasteiger partial charge on any atom is 0.0504 e. The highest BCUT2D eigenvalue weighted by molar-refractivity contribution is 7.98. The van der Waals surface area contributed by atoms with E-state index in [-0.39, 0.29) is 0 Å². The van der Waals surface area contributed by atoms with Gasteiger partial charge in [-0.2, -0.15) is 0 Å². The van der Waals surface area contributed by atoms with Crippen LogP contribution in [0.2, 0.25) is 0 Å². The second-order valence-electron chi connectivity index (χ2n) is 4.25. The third kappa shape index (κ3) is 2.53. The zero-order chi connectivity index (χ0) is 11.4. The first-order valence-electron chi connectivity index (χ1n) is 5.90. The van der Waals surface area contributed by atoms with Crippen LogP contribution in [0.4, 0.5) is 5.69 Å². The van der Waals surface area contributed by atoms with Gasteiger partial charge in [-0.15, -0.1) is 11.8 Å². The van der Waals surface area contributed by atoms with Crippen molar-refractivity contribution in [2.75, 3.05) is 31.3 Å². The van der Waals surface area contributed by atoms with Crippen molar-refractivity contribution in [1.82, 2.24) is 5.32 Å². The molecule has 2 nitrogen and oxygen atoms in total. The van der Waals surface area contributed by atoms with Crippen LogP contribution in [0.5, 0.6) is 0 Å². The van der Waals surface area contributed by atoms with E-state index in [1.807, 2.05) is 11.8 Å². The molecule has 0 aromatic heterocycles. The van der Waals surface area contributed by atoms with Gasteiger partial charge >= 0.3 is 0 Å². The van der Waals surface area contributed by atoms with Crippen LogP contribution < -0.4 is 10.2 Å². The number of thioether (sulfide) groups is 1. The van der Waals surface area contributed by atoms with Crippen LogP contribution >= 0.6 is 11.8 Å². The first-order chi connectivity index (χ1) is 7.85. The number of piperidine rings is 1. The lowest BCUT2D eigenvalue weighted by molar-refractivity contribution is 0.448. The van der Waals surface area contributed by atoms with Crippen molar-refractivity contribution in [3.8, 4) is 0 Å². The molecule has 1 atom stereocenters.